The molecule has 1 aromatic rings. The van der Waals surface area contributed by atoms with Crippen molar-refractivity contribution >= 4 is 17.5 Å². The zero-order chi connectivity index (χ0) is 14.8. The van der Waals surface area contributed by atoms with Crippen molar-refractivity contribution in [1.82, 2.24) is 10.6 Å². The van der Waals surface area contributed by atoms with Gasteiger partial charge in [-0.1, -0.05) is 23.7 Å². The number of benzene rings is 1. The summed E-state index contributed by atoms with van der Waals surface area (Å²) in [7, 11) is 0. The molecule has 1 aromatic carbocycles. The lowest BCUT2D eigenvalue weighted by molar-refractivity contribution is -0.122. The van der Waals surface area contributed by atoms with E-state index in [9.17, 15) is 4.79 Å². The van der Waals surface area contributed by atoms with Crippen molar-refractivity contribution in [3.05, 3.63) is 34.9 Å². The average Bonchev–Trinajstić information content (AvgIpc) is 2.78. The topological polar surface area (TPSA) is 41.1 Å². The van der Waals surface area contributed by atoms with Crippen LogP contribution < -0.4 is 10.6 Å². The Bertz CT molecular complexity index is 490. The van der Waals surface area contributed by atoms with E-state index >= 15 is 0 Å². The summed E-state index contributed by atoms with van der Waals surface area (Å²) in [6, 6.07) is 9.00. The fraction of sp³-hybridized carbons (Fsp3) is 0.588. The second-order valence-electron chi connectivity index (χ2n) is 6.52. The molecule has 3 rings (SSSR count). The van der Waals surface area contributed by atoms with Gasteiger partial charge in [0.05, 0.1) is 6.04 Å². The molecule has 2 bridgehead atoms. The predicted molar refractivity (Wildman–Crippen MR) is 85.3 cm³/mol. The van der Waals surface area contributed by atoms with Crippen LogP contribution in [0.1, 0.15) is 50.6 Å². The summed E-state index contributed by atoms with van der Waals surface area (Å²) in [5, 5.41) is 7.46. The Morgan fingerprint density at radius 3 is 2.52 bits per heavy atom. The molecule has 2 fully saturated rings. The van der Waals surface area contributed by atoms with Gasteiger partial charge in [0.15, 0.2) is 0 Å². The van der Waals surface area contributed by atoms with E-state index in [-0.39, 0.29) is 11.9 Å². The number of halogens is 1. The number of hydrogen-bond acceptors (Lipinski definition) is 2. The Morgan fingerprint density at radius 2 is 1.90 bits per heavy atom. The SMILES string of the molecule is C[C@@H](NC(=O)CC1CC2CCC(C1)N2)c1ccc(Cl)cc1. The van der Waals surface area contributed by atoms with Gasteiger partial charge in [0.25, 0.3) is 0 Å². The molecular weight excluding hydrogens is 284 g/mol. The average molecular weight is 307 g/mol. The minimum absolute atomic E-state index is 0.0354. The van der Waals surface area contributed by atoms with Crippen LogP contribution in [0.15, 0.2) is 24.3 Å². The minimum atomic E-state index is 0.0354. The van der Waals surface area contributed by atoms with Crippen LogP contribution in [0.5, 0.6) is 0 Å². The molecule has 2 N–H and O–H groups in total. The van der Waals surface area contributed by atoms with Crippen molar-refractivity contribution in [2.24, 2.45) is 5.92 Å². The molecule has 114 valence electrons. The van der Waals surface area contributed by atoms with Crippen LogP contribution in [0.4, 0.5) is 0 Å². The van der Waals surface area contributed by atoms with Gasteiger partial charge in [-0.2, -0.15) is 0 Å². The summed E-state index contributed by atoms with van der Waals surface area (Å²) in [6.45, 7) is 2.02. The largest absolute Gasteiger partial charge is 0.350 e. The normalized spacial score (nSPS) is 29.1. The molecule has 0 aromatic heterocycles. The number of piperidine rings is 1. The number of rotatable bonds is 4. The summed E-state index contributed by atoms with van der Waals surface area (Å²) in [5.74, 6) is 0.713. The van der Waals surface area contributed by atoms with Gasteiger partial charge in [-0.15, -0.1) is 0 Å². The smallest absolute Gasteiger partial charge is 0.220 e. The third-order valence-corrected chi connectivity index (χ3v) is 5.04. The Balaban J connectivity index is 1.50. The van der Waals surface area contributed by atoms with E-state index in [0.717, 1.165) is 23.4 Å². The molecule has 0 spiro atoms. The highest BCUT2D eigenvalue weighted by Crippen LogP contribution is 2.32. The van der Waals surface area contributed by atoms with Crippen LogP contribution in [0, 0.1) is 5.92 Å². The number of carbonyl (C=O) groups is 1. The Morgan fingerprint density at radius 1 is 1.29 bits per heavy atom. The van der Waals surface area contributed by atoms with Gasteiger partial charge in [0.1, 0.15) is 0 Å². The highest BCUT2D eigenvalue weighted by Gasteiger charge is 2.34. The van der Waals surface area contributed by atoms with E-state index in [1.54, 1.807) is 0 Å². The van der Waals surface area contributed by atoms with Gasteiger partial charge < -0.3 is 10.6 Å². The van der Waals surface area contributed by atoms with E-state index in [1.807, 2.05) is 31.2 Å². The Labute approximate surface area is 131 Å². The van der Waals surface area contributed by atoms with E-state index in [2.05, 4.69) is 10.6 Å². The fourth-order valence-corrected chi connectivity index (χ4v) is 3.87. The van der Waals surface area contributed by atoms with Crippen molar-refractivity contribution < 1.29 is 4.79 Å². The molecule has 0 aliphatic carbocycles. The second-order valence-corrected chi connectivity index (χ2v) is 6.96. The lowest BCUT2D eigenvalue weighted by Gasteiger charge is -2.29. The molecule has 2 aliphatic rings. The number of nitrogens with one attached hydrogen (secondary N) is 2. The lowest BCUT2D eigenvalue weighted by Crippen LogP contribution is -2.40. The summed E-state index contributed by atoms with van der Waals surface area (Å²) >= 11 is 5.89. The predicted octanol–water partition coefficient (Wildman–Crippen LogP) is 3.44. The fourth-order valence-electron chi connectivity index (χ4n) is 3.74. The molecule has 3 atom stereocenters. The van der Waals surface area contributed by atoms with Crippen molar-refractivity contribution in [1.29, 1.82) is 0 Å². The van der Waals surface area contributed by atoms with Crippen LogP contribution in [-0.4, -0.2) is 18.0 Å². The monoisotopic (exact) mass is 306 g/mol. The third kappa shape index (κ3) is 3.78. The minimum Gasteiger partial charge on any atom is -0.350 e. The van der Waals surface area contributed by atoms with Gasteiger partial charge in [0.2, 0.25) is 5.91 Å². The maximum atomic E-state index is 12.2. The van der Waals surface area contributed by atoms with Crippen molar-refractivity contribution in [3.8, 4) is 0 Å². The molecule has 3 nitrogen and oxygen atoms in total. The maximum absolute atomic E-state index is 12.2. The molecule has 2 heterocycles. The van der Waals surface area contributed by atoms with E-state index < -0.39 is 0 Å². The number of hydrogen-bond donors (Lipinski definition) is 2. The van der Waals surface area contributed by atoms with E-state index in [1.165, 1.54) is 12.8 Å². The molecule has 0 radical (unpaired) electrons. The first-order chi connectivity index (χ1) is 10.1. The second kappa shape index (κ2) is 6.37. The Hall–Kier alpha value is -1.06. The van der Waals surface area contributed by atoms with Crippen molar-refractivity contribution in [2.75, 3.05) is 0 Å². The first kappa shape index (κ1) is 14.9. The maximum Gasteiger partial charge on any atom is 0.220 e. The first-order valence-corrected chi connectivity index (χ1v) is 8.29. The summed E-state index contributed by atoms with van der Waals surface area (Å²) in [6.07, 6.45) is 5.53. The highest BCUT2D eigenvalue weighted by atomic mass is 35.5. The number of fused-ring (bicyclic) bond motifs is 2. The van der Waals surface area contributed by atoms with E-state index in [0.29, 0.717) is 24.4 Å². The summed E-state index contributed by atoms with van der Waals surface area (Å²) < 4.78 is 0. The van der Waals surface area contributed by atoms with Gasteiger partial charge in [-0.25, -0.2) is 0 Å². The standard InChI is InChI=1S/C17H23ClN2O/c1-11(13-2-4-14(18)5-3-13)19-17(21)10-12-8-15-6-7-16(9-12)20-15/h2-5,11-12,15-16,20H,6-10H2,1H3,(H,19,21)/t11-,12?,15?,16?/m1/s1. The van der Waals surface area contributed by atoms with Crippen LogP contribution in [-0.2, 0) is 4.79 Å². The van der Waals surface area contributed by atoms with Crippen molar-refractivity contribution in [2.45, 2.75) is 57.2 Å². The molecule has 1 amide bonds. The lowest BCUT2D eigenvalue weighted by atomic mass is 9.89. The van der Waals surface area contributed by atoms with Gasteiger partial charge >= 0.3 is 0 Å². The van der Waals surface area contributed by atoms with Crippen LogP contribution in [0.2, 0.25) is 5.02 Å². The Kier molecular flexibility index (Phi) is 4.51. The van der Waals surface area contributed by atoms with Crippen molar-refractivity contribution in [3.63, 3.8) is 0 Å². The summed E-state index contributed by atoms with van der Waals surface area (Å²) in [4.78, 5) is 12.2. The zero-order valence-corrected chi connectivity index (χ0v) is 13.2. The van der Waals surface area contributed by atoms with Crippen LogP contribution >= 0.6 is 11.6 Å². The van der Waals surface area contributed by atoms with E-state index in [4.69, 9.17) is 11.6 Å². The number of carbonyl (C=O) groups excluding carboxylic acids is 1. The molecule has 2 unspecified atom stereocenters. The molecule has 2 aliphatic heterocycles. The molecule has 0 saturated carbocycles. The first-order valence-electron chi connectivity index (χ1n) is 7.91. The third-order valence-electron chi connectivity index (χ3n) is 4.79. The van der Waals surface area contributed by atoms with Crippen LogP contribution in [0.25, 0.3) is 0 Å². The molecule has 4 heteroatoms. The van der Waals surface area contributed by atoms with Crippen LogP contribution in [0.3, 0.4) is 0 Å². The summed E-state index contributed by atoms with van der Waals surface area (Å²) in [5.41, 5.74) is 1.10. The van der Waals surface area contributed by atoms with Gasteiger partial charge in [-0.05, 0) is 56.2 Å². The molecular formula is C17H23ClN2O. The molecule has 21 heavy (non-hydrogen) atoms. The zero-order valence-electron chi connectivity index (χ0n) is 12.4. The highest BCUT2D eigenvalue weighted by molar-refractivity contribution is 6.30. The number of amides is 1. The van der Waals surface area contributed by atoms with Gasteiger partial charge in [0, 0.05) is 23.5 Å². The van der Waals surface area contributed by atoms with Gasteiger partial charge in [-0.3, -0.25) is 4.79 Å². The molecule has 2 saturated heterocycles. The quantitative estimate of drug-likeness (QED) is 0.894.